The normalized spacial score (nSPS) is 38.6. The van der Waals surface area contributed by atoms with E-state index in [2.05, 4.69) is 17.1 Å². The first kappa shape index (κ1) is 10.4. The molecule has 0 radical (unpaired) electrons. The van der Waals surface area contributed by atoms with Gasteiger partial charge in [0.1, 0.15) is 0 Å². The van der Waals surface area contributed by atoms with Gasteiger partial charge >= 0.3 is 0 Å². The number of piperidine rings is 1. The number of hydrogen-bond acceptors (Lipinski definition) is 3. The van der Waals surface area contributed by atoms with Gasteiger partial charge in [-0.25, -0.2) is 0 Å². The van der Waals surface area contributed by atoms with E-state index in [0.29, 0.717) is 6.04 Å². The highest BCUT2D eigenvalue weighted by Crippen LogP contribution is 2.27. The van der Waals surface area contributed by atoms with E-state index >= 15 is 0 Å². The van der Waals surface area contributed by atoms with E-state index in [9.17, 15) is 0 Å². The van der Waals surface area contributed by atoms with Gasteiger partial charge in [-0.15, -0.1) is 0 Å². The van der Waals surface area contributed by atoms with Crippen LogP contribution < -0.4 is 5.32 Å². The van der Waals surface area contributed by atoms with Crippen LogP contribution in [-0.4, -0.2) is 50.3 Å². The fraction of sp³-hybridized carbons (Fsp3) is 1.00. The first-order chi connectivity index (χ1) is 6.79. The van der Waals surface area contributed by atoms with Crippen LogP contribution in [-0.2, 0) is 4.74 Å². The second-order valence-electron chi connectivity index (χ2n) is 4.77. The first-order valence-corrected chi connectivity index (χ1v) is 5.77. The van der Waals surface area contributed by atoms with Crippen LogP contribution >= 0.6 is 0 Å². The van der Waals surface area contributed by atoms with E-state index in [1.807, 2.05) is 0 Å². The zero-order valence-corrected chi connectivity index (χ0v) is 9.33. The monoisotopic (exact) mass is 198 g/mol. The zero-order valence-electron chi connectivity index (χ0n) is 9.33. The quantitative estimate of drug-likeness (QED) is 0.720. The number of rotatable bonds is 4. The molecule has 0 aromatic carbocycles. The maximum atomic E-state index is 5.15. The van der Waals surface area contributed by atoms with E-state index in [4.69, 9.17) is 4.74 Å². The second-order valence-corrected chi connectivity index (χ2v) is 4.77. The maximum absolute atomic E-state index is 5.15. The smallest absolute Gasteiger partial charge is 0.0613 e. The summed E-state index contributed by atoms with van der Waals surface area (Å²) in [6.45, 7) is 6.96. The Morgan fingerprint density at radius 3 is 3.00 bits per heavy atom. The molecule has 2 aliphatic heterocycles. The van der Waals surface area contributed by atoms with Crippen molar-refractivity contribution < 1.29 is 4.74 Å². The van der Waals surface area contributed by atoms with Crippen molar-refractivity contribution in [3.05, 3.63) is 0 Å². The van der Waals surface area contributed by atoms with E-state index in [1.165, 1.54) is 32.5 Å². The van der Waals surface area contributed by atoms with Crippen molar-refractivity contribution in [1.82, 2.24) is 10.2 Å². The van der Waals surface area contributed by atoms with Crippen LogP contribution in [0.25, 0.3) is 0 Å². The lowest BCUT2D eigenvalue weighted by Crippen LogP contribution is -2.48. The summed E-state index contributed by atoms with van der Waals surface area (Å²) in [5, 5.41) is 3.70. The Balaban J connectivity index is 1.79. The zero-order chi connectivity index (χ0) is 9.97. The summed E-state index contributed by atoms with van der Waals surface area (Å²) in [5.74, 6) is 0.892. The lowest BCUT2D eigenvalue weighted by Gasteiger charge is -2.33. The molecule has 3 heteroatoms. The van der Waals surface area contributed by atoms with Crippen molar-refractivity contribution >= 4 is 0 Å². The van der Waals surface area contributed by atoms with Crippen LogP contribution in [0.5, 0.6) is 0 Å². The van der Waals surface area contributed by atoms with Gasteiger partial charge in [-0.2, -0.15) is 0 Å². The van der Waals surface area contributed by atoms with Crippen LogP contribution in [0.2, 0.25) is 0 Å². The standard InChI is InChI=1S/C11H22N2O/c1-9(8-14-2)12-11-4-6-13-5-3-10(11)7-13/h9-12H,3-8H2,1-2H3. The van der Waals surface area contributed by atoms with Crippen molar-refractivity contribution in [2.45, 2.75) is 31.8 Å². The predicted molar refractivity (Wildman–Crippen MR) is 57.4 cm³/mol. The van der Waals surface area contributed by atoms with E-state index < -0.39 is 0 Å². The van der Waals surface area contributed by atoms with Gasteiger partial charge in [0, 0.05) is 25.7 Å². The maximum Gasteiger partial charge on any atom is 0.0613 e. The number of fused-ring (bicyclic) bond motifs is 2. The number of nitrogens with zero attached hydrogens (tertiary/aromatic N) is 1. The van der Waals surface area contributed by atoms with Gasteiger partial charge in [0.15, 0.2) is 0 Å². The SMILES string of the molecule is COCC(C)NC1CCN2CCC1C2. The molecule has 2 bridgehead atoms. The van der Waals surface area contributed by atoms with Crippen molar-refractivity contribution in [2.75, 3.05) is 33.4 Å². The van der Waals surface area contributed by atoms with Crippen LogP contribution in [0.15, 0.2) is 0 Å². The molecule has 0 amide bonds. The highest BCUT2D eigenvalue weighted by molar-refractivity contribution is 4.91. The molecule has 2 fully saturated rings. The summed E-state index contributed by atoms with van der Waals surface area (Å²) in [5.41, 5.74) is 0. The van der Waals surface area contributed by atoms with Gasteiger partial charge in [-0.05, 0) is 38.8 Å². The van der Waals surface area contributed by atoms with Crippen molar-refractivity contribution in [2.24, 2.45) is 5.92 Å². The van der Waals surface area contributed by atoms with Crippen molar-refractivity contribution in [3.63, 3.8) is 0 Å². The van der Waals surface area contributed by atoms with Gasteiger partial charge in [0.05, 0.1) is 6.61 Å². The number of methoxy groups -OCH3 is 1. The molecule has 2 aliphatic rings. The molecule has 0 spiro atoms. The molecule has 82 valence electrons. The Labute approximate surface area is 86.8 Å². The van der Waals surface area contributed by atoms with Gasteiger partial charge in [-0.3, -0.25) is 0 Å². The lowest BCUT2D eigenvalue weighted by molar-refractivity contribution is 0.147. The van der Waals surface area contributed by atoms with Crippen molar-refractivity contribution in [1.29, 1.82) is 0 Å². The third kappa shape index (κ3) is 2.27. The molecule has 2 saturated heterocycles. The van der Waals surface area contributed by atoms with Crippen LogP contribution in [0.4, 0.5) is 0 Å². The Morgan fingerprint density at radius 2 is 2.21 bits per heavy atom. The van der Waals surface area contributed by atoms with Crippen molar-refractivity contribution in [3.8, 4) is 0 Å². The molecular formula is C11H22N2O. The Morgan fingerprint density at radius 1 is 1.43 bits per heavy atom. The Hall–Kier alpha value is -0.120. The van der Waals surface area contributed by atoms with E-state index in [1.54, 1.807) is 7.11 Å². The molecule has 0 saturated carbocycles. The largest absolute Gasteiger partial charge is 0.383 e. The summed E-state index contributed by atoms with van der Waals surface area (Å²) < 4.78 is 5.15. The predicted octanol–water partition coefficient (Wildman–Crippen LogP) is 0.705. The molecule has 1 N–H and O–H groups in total. The molecular weight excluding hydrogens is 176 g/mol. The van der Waals surface area contributed by atoms with Crippen LogP contribution in [0.3, 0.4) is 0 Å². The summed E-state index contributed by atoms with van der Waals surface area (Å²) >= 11 is 0. The summed E-state index contributed by atoms with van der Waals surface area (Å²) in [4.78, 5) is 2.59. The lowest BCUT2D eigenvalue weighted by atomic mass is 9.93. The molecule has 4 unspecified atom stereocenters. The van der Waals surface area contributed by atoms with E-state index in [-0.39, 0.29) is 0 Å². The minimum absolute atomic E-state index is 0.497. The first-order valence-electron chi connectivity index (χ1n) is 5.77. The average molecular weight is 198 g/mol. The Bertz CT molecular complexity index is 186. The summed E-state index contributed by atoms with van der Waals surface area (Å²) in [6, 6.07) is 1.23. The third-order valence-corrected chi connectivity index (χ3v) is 3.55. The molecule has 3 nitrogen and oxygen atoms in total. The topological polar surface area (TPSA) is 24.5 Å². The third-order valence-electron chi connectivity index (χ3n) is 3.55. The molecule has 2 rings (SSSR count). The minimum Gasteiger partial charge on any atom is -0.383 e. The molecule has 0 aliphatic carbocycles. The summed E-state index contributed by atoms with van der Waals surface area (Å²) in [6.07, 6.45) is 2.70. The van der Waals surface area contributed by atoms with Gasteiger partial charge < -0.3 is 15.0 Å². The summed E-state index contributed by atoms with van der Waals surface area (Å²) in [7, 11) is 1.77. The fourth-order valence-electron chi connectivity index (χ4n) is 2.83. The molecule has 0 aromatic rings. The number of hydrogen-bond donors (Lipinski definition) is 1. The molecule has 2 heterocycles. The molecule has 0 aromatic heterocycles. The average Bonchev–Trinajstić information content (AvgIpc) is 2.54. The van der Waals surface area contributed by atoms with Gasteiger partial charge in [0.2, 0.25) is 0 Å². The van der Waals surface area contributed by atoms with Crippen LogP contribution in [0.1, 0.15) is 19.8 Å². The number of nitrogens with one attached hydrogen (secondary N) is 1. The number of ether oxygens (including phenoxy) is 1. The fourth-order valence-corrected chi connectivity index (χ4v) is 2.83. The second kappa shape index (κ2) is 4.60. The highest BCUT2D eigenvalue weighted by Gasteiger charge is 2.34. The van der Waals surface area contributed by atoms with E-state index in [0.717, 1.165) is 18.6 Å². The highest BCUT2D eigenvalue weighted by atomic mass is 16.5. The molecule has 14 heavy (non-hydrogen) atoms. The van der Waals surface area contributed by atoms with Gasteiger partial charge in [0.25, 0.3) is 0 Å². The van der Waals surface area contributed by atoms with Crippen LogP contribution in [0, 0.1) is 5.92 Å². The molecule has 4 atom stereocenters. The van der Waals surface area contributed by atoms with Gasteiger partial charge in [-0.1, -0.05) is 0 Å². The minimum atomic E-state index is 0.497. The Kier molecular flexibility index (Phi) is 3.42.